The van der Waals surface area contributed by atoms with Gasteiger partial charge in [-0.15, -0.1) is 0 Å². The van der Waals surface area contributed by atoms with Crippen molar-refractivity contribution in [2.24, 2.45) is 4.99 Å². The number of aliphatic imine (C=N–C) groups is 1. The molecule has 3 rings (SSSR count). The van der Waals surface area contributed by atoms with Crippen LogP contribution in [0.5, 0.6) is 0 Å². The number of halogens is 1. The summed E-state index contributed by atoms with van der Waals surface area (Å²) in [6.07, 6.45) is 0. The van der Waals surface area contributed by atoms with E-state index in [4.69, 9.17) is 16.4 Å². The van der Waals surface area contributed by atoms with E-state index < -0.39 is 0 Å². The number of carbonyl (C=O) groups excluding carboxylic acids is 1. The second kappa shape index (κ2) is 7.17. The number of carbonyl (C=O) groups is 1. The van der Waals surface area contributed by atoms with Crippen molar-refractivity contribution in [2.75, 3.05) is 0 Å². The van der Waals surface area contributed by atoms with Crippen molar-refractivity contribution in [3.8, 4) is 0 Å². The summed E-state index contributed by atoms with van der Waals surface area (Å²) >= 11 is 7.26. The lowest BCUT2D eigenvalue weighted by molar-refractivity contribution is -0.163. The van der Waals surface area contributed by atoms with Crippen LogP contribution in [0.1, 0.15) is 12.5 Å². The van der Waals surface area contributed by atoms with Gasteiger partial charge < -0.3 is 0 Å². The molecule has 1 aliphatic heterocycles. The number of rotatable bonds is 4. The highest BCUT2D eigenvalue weighted by Gasteiger charge is 2.36. The third kappa shape index (κ3) is 3.93. The van der Waals surface area contributed by atoms with Crippen LogP contribution in [0.2, 0.25) is 5.02 Å². The predicted octanol–water partition coefficient (Wildman–Crippen LogP) is 4.42. The molecule has 0 bridgehead atoms. The first-order valence-electron chi connectivity index (χ1n) is 7.15. The van der Waals surface area contributed by atoms with Crippen LogP contribution in [-0.4, -0.2) is 21.4 Å². The average molecular weight is 347 g/mol. The minimum atomic E-state index is -0.211. The van der Waals surface area contributed by atoms with Gasteiger partial charge >= 0.3 is 0 Å². The molecule has 0 aromatic heterocycles. The number of hydrogen-bond donors (Lipinski definition) is 0. The average Bonchev–Trinajstić information content (AvgIpc) is 2.83. The molecular weight excluding hydrogens is 332 g/mol. The fourth-order valence-corrected chi connectivity index (χ4v) is 3.08. The van der Waals surface area contributed by atoms with E-state index in [9.17, 15) is 4.79 Å². The quantitative estimate of drug-likeness (QED) is 0.822. The molecule has 118 valence electrons. The first-order chi connectivity index (χ1) is 11.1. The van der Waals surface area contributed by atoms with E-state index in [2.05, 4.69) is 4.99 Å². The third-order valence-corrected chi connectivity index (χ3v) is 4.53. The van der Waals surface area contributed by atoms with Crippen molar-refractivity contribution in [1.82, 2.24) is 5.06 Å². The Labute approximate surface area is 144 Å². The first kappa shape index (κ1) is 16.1. The van der Waals surface area contributed by atoms with Crippen molar-refractivity contribution < 1.29 is 9.63 Å². The number of amidine groups is 1. The van der Waals surface area contributed by atoms with Gasteiger partial charge in [-0.2, -0.15) is 5.06 Å². The minimum Gasteiger partial charge on any atom is -0.271 e. The summed E-state index contributed by atoms with van der Waals surface area (Å²) in [7, 11) is 0. The van der Waals surface area contributed by atoms with E-state index >= 15 is 0 Å². The van der Waals surface area contributed by atoms with Gasteiger partial charge in [0.05, 0.1) is 10.9 Å². The van der Waals surface area contributed by atoms with Gasteiger partial charge in [0, 0.05) is 5.02 Å². The van der Waals surface area contributed by atoms with Crippen LogP contribution >= 0.6 is 23.4 Å². The smallest absolute Gasteiger partial charge is 0.266 e. The fraction of sp³-hybridized carbons (Fsp3) is 0.176. The van der Waals surface area contributed by atoms with Crippen molar-refractivity contribution in [1.29, 1.82) is 0 Å². The van der Waals surface area contributed by atoms with Crippen LogP contribution in [0.15, 0.2) is 59.6 Å². The number of benzene rings is 2. The molecule has 6 heteroatoms. The largest absolute Gasteiger partial charge is 0.271 e. The lowest BCUT2D eigenvalue weighted by Crippen LogP contribution is -2.31. The molecule has 1 saturated heterocycles. The van der Waals surface area contributed by atoms with E-state index in [-0.39, 0.29) is 11.2 Å². The molecule has 1 unspecified atom stereocenters. The molecule has 0 N–H and O–H groups in total. The maximum absolute atomic E-state index is 12.3. The molecule has 1 aliphatic rings. The number of nitrogens with zero attached hydrogens (tertiary/aromatic N) is 2. The molecule has 1 atom stereocenters. The van der Waals surface area contributed by atoms with Gasteiger partial charge in [-0.05, 0) is 36.8 Å². The maximum Gasteiger partial charge on any atom is 0.266 e. The minimum absolute atomic E-state index is 0.0985. The van der Waals surface area contributed by atoms with Crippen molar-refractivity contribution in [3.63, 3.8) is 0 Å². The molecule has 0 spiro atoms. The monoisotopic (exact) mass is 346 g/mol. The molecule has 1 heterocycles. The summed E-state index contributed by atoms with van der Waals surface area (Å²) in [6, 6.07) is 16.9. The molecule has 1 fully saturated rings. The van der Waals surface area contributed by atoms with Crippen molar-refractivity contribution in [2.45, 2.75) is 18.8 Å². The Balaban J connectivity index is 1.77. The highest BCUT2D eigenvalue weighted by Crippen LogP contribution is 2.30. The zero-order valence-corrected chi connectivity index (χ0v) is 14.1. The normalized spacial score (nSPS) is 19.6. The zero-order valence-electron chi connectivity index (χ0n) is 12.5. The van der Waals surface area contributed by atoms with Gasteiger partial charge in [-0.1, -0.05) is 53.7 Å². The standard InChI is InChI=1S/C17H15ClN2O2S/c1-12-16(21)20(22-11-13-5-3-2-4-6-13)17(23-12)19-15-9-7-14(18)8-10-15/h2-10,12H,11H2,1H3. The van der Waals surface area contributed by atoms with Gasteiger partial charge in [0.2, 0.25) is 0 Å². The number of hydrogen-bond acceptors (Lipinski definition) is 4. The second-order valence-corrected chi connectivity index (χ2v) is 6.77. The fourth-order valence-electron chi connectivity index (χ4n) is 2.05. The molecule has 23 heavy (non-hydrogen) atoms. The maximum atomic E-state index is 12.3. The number of thioether (sulfide) groups is 1. The molecule has 0 radical (unpaired) electrons. The van der Waals surface area contributed by atoms with Gasteiger partial charge in [0.25, 0.3) is 5.91 Å². The van der Waals surface area contributed by atoms with E-state index in [0.717, 1.165) is 11.3 Å². The number of hydroxylamine groups is 2. The predicted molar refractivity (Wildman–Crippen MR) is 93.7 cm³/mol. The lowest BCUT2D eigenvalue weighted by atomic mass is 10.2. The summed E-state index contributed by atoms with van der Waals surface area (Å²) in [4.78, 5) is 22.4. The first-order valence-corrected chi connectivity index (χ1v) is 8.41. The topological polar surface area (TPSA) is 41.9 Å². The molecule has 2 aromatic rings. The highest BCUT2D eigenvalue weighted by molar-refractivity contribution is 8.15. The van der Waals surface area contributed by atoms with E-state index in [1.807, 2.05) is 37.3 Å². The van der Waals surface area contributed by atoms with Crippen LogP contribution in [0, 0.1) is 0 Å². The summed E-state index contributed by atoms with van der Waals surface area (Å²) in [5.74, 6) is -0.0985. The van der Waals surface area contributed by atoms with Crippen LogP contribution in [0.4, 0.5) is 5.69 Å². The van der Waals surface area contributed by atoms with Crippen molar-refractivity contribution in [3.05, 3.63) is 65.2 Å². The third-order valence-electron chi connectivity index (χ3n) is 3.26. The molecule has 0 saturated carbocycles. The van der Waals surface area contributed by atoms with Gasteiger partial charge in [0.15, 0.2) is 5.17 Å². The second-order valence-electron chi connectivity index (χ2n) is 5.02. The van der Waals surface area contributed by atoms with Gasteiger partial charge in [0.1, 0.15) is 6.61 Å². The SMILES string of the molecule is CC1SC(=Nc2ccc(Cl)cc2)N(OCc2ccccc2)C1=O. The summed E-state index contributed by atoms with van der Waals surface area (Å²) in [5.41, 5.74) is 1.72. The van der Waals surface area contributed by atoms with E-state index in [1.54, 1.807) is 24.3 Å². The molecule has 2 aromatic carbocycles. The van der Waals surface area contributed by atoms with E-state index in [1.165, 1.54) is 16.8 Å². The summed E-state index contributed by atoms with van der Waals surface area (Å²) in [6.45, 7) is 2.16. The van der Waals surface area contributed by atoms with Gasteiger partial charge in [-0.25, -0.2) is 4.99 Å². The van der Waals surface area contributed by atoms with Crippen LogP contribution in [-0.2, 0) is 16.2 Å². The van der Waals surface area contributed by atoms with E-state index in [0.29, 0.717) is 16.8 Å². The summed E-state index contributed by atoms with van der Waals surface area (Å²) in [5, 5.41) is 2.27. The molecular formula is C17H15ClN2O2S. The molecule has 1 amide bonds. The Morgan fingerprint density at radius 2 is 1.87 bits per heavy atom. The van der Waals surface area contributed by atoms with Crippen LogP contribution in [0.3, 0.4) is 0 Å². The molecule has 4 nitrogen and oxygen atoms in total. The zero-order chi connectivity index (χ0) is 16.2. The van der Waals surface area contributed by atoms with Crippen molar-refractivity contribution >= 4 is 40.1 Å². The van der Waals surface area contributed by atoms with Crippen LogP contribution in [0.25, 0.3) is 0 Å². The lowest BCUT2D eigenvalue weighted by Gasteiger charge is -2.15. The van der Waals surface area contributed by atoms with Crippen LogP contribution < -0.4 is 0 Å². The Morgan fingerprint density at radius 1 is 1.17 bits per heavy atom. The highest BCUT2D eigenvalue weighted by atomic mass is 35.5. The Hall–Kier alpha value is -1.82. The Kier molecular flexibility index (Phi) is 5.00. The summed E-state index contributed by atoms with van der Waals surface area (Å²) < 4.78 is 0. The Bertz CT molecular complexity index is 719. The molecule has 0 aliphatic carbocycles. The van der Waals surface area contributed by atoms with Gasteiger partial charge in [-0.3, -0.25) is 9.63 Å². The number of amides is 1. The Morgan fingerprint density at radius 3 is 2.57 bits per heavy atom.